The molecule has 1 atom stereocenters. The highest BCUT2D eigenvalue weighted by Crippen LogP contribution is 2.15. The second kappa shape index (κ2) is 6.87. The first-order valence-corrected chi connectivity index (χ1v) is 7.77. The number of benzene rings is 1. The summed E-state index contributed by atoms with van der Waals surface area (Å²) < 4.78 is 24.5. The van der Waals surface area contributed by atoms with Crippen LogP contribution in [0.4, 0.5) is 0 Å². The van der Waals surface area contributed by atoms with E-state index >= 15 is 0 Å². The van der Waals surface area contributed by atoms with Crippen LogP contribution in [0.3, 0.4) is 0 Å². The van der Waals surface area contributed by atoms with E-state index in [0.717, 1.165) is 6.42 Å². The van der Waals surface area contributed by atoms with E-state index in [2.05, 4.69) is 24.4 Å². The molecule has 0 spiro atoms. The standard InChI is InChI=1S/C13H22N2O2S/c1-4-13(12-8-6-5-7-9-12)14-10-11-18(16,17)15(2)3/h5-9,13-14H,4,10-11H2,1-3H3. The van der Waals surface area contributed by atoms with Gasteiger partial charge in [-0.05, 0) is 12.0 Å². The summed E-state index contributed by atoms with van der Waals surface area (Å²) in [5, 5.41) is 3.29. The Hall–Kier alpha value is -0.910. The molecule has 0 aromatic heterocycles. The molecule has 0 fully saturated rings. The fourth-order valence-electron chi connectivity index (χ4n) is 1.73. The third-order valence-electron chi connectivity index (χ3n) is 2.92. The lowest BCUT2D eigenvalue weighted by atomic mass is 10.1. The molecule has 18 heavy (non-hydrogen) atoms. The van der Waals surface area contributed by atoms with Crippen molar-refractivity contribution in [3.8, 4) is 0 Å². The van der Waals surface area contributed by atoms with Gasteiger partial charge in [-0.1, -0.05) is 37.3 Å². The molecule has 5 heteroatoms. The van der Waals surface area contributed by atoms with Gasteiger partial charge in [0.1, 0.15) is 0 Å². The fourth-order valence-corrected chi connectivity index (χ4v) is 2.47. The van der Waals surface area contributed by atoms with Gasteiger partial charge in [0.05, 0.1) is 5.75 Å². The molecule has 1 unspecified atom stereocenters. The molecule has 1 aromatic carbocycles. The van der Waals surface area contributed by atoms with E-state index in [-0.39, 0.29) is 11.8 Å². The largest absolute Gasteiger partial charge is 0.309 e. The molecule has 0 saturated heterocycles. The van der Waals surface area contributed by atoms with E-state index in [1.54, 1.807) is 14.1 Å². The van der Waals surface area contributed by atoms with Crippen molar-refractivity contribution in [2.24, 2.45) is 0 Å². The minimum atomic E-state index is -3.11. The Morgan fingerprint density at radius 2 is 1.83 bits per heavy atom. The Morgan fingerprint density at radius 1 is 1.22 bits per heavy atom. The Morgan fingerprint density at radius 3 is 2.33 bits per heavy atom. The maximum absolute atomic E-state index is 11.6. The van der Waals surface area contributed by atoms with Crippen LogP contribution in [0, 0.1) is 0 Å². The number of sulfonamides is 1. The van der Waals surface area contributed by atoms with Gasteiger partial charge in [0.15, 0.2) is 0 Å². The second-order valence-corrected chi connectivity index (χ2v) is 6.73. The molecule has 0 aliphatic heterocycles. The van der Waals surface area contributed by atoms with Gasteiger partial charge in [-0.15, -0.1) is 0 Å². The summed E-state index contributed by atoms with van der Waals surface area (Å²) in [6.45, 7) is 2.55. The van der Waals surface area contributed by atoms with Crippen molar-refractivity contribution in [3.05, 3.63) is 35.9 Å². The third-order valence-corrected chi connectivity index (χ3v) is 4.75. The van der Waals surface area contributed by atoms with E-state index in [9.17, 15) is 8.42 Å². The lowest BCUT2D eigenvalue weighted by molar-refractivity contribution is 0.503. The van der Waals surface area contributed by atoms with Gasteiger partial charge in [0.25, 0.3) is 0 Å². The first-order chi connectivity index (χ1) is 8.47. The Labute approximate surface area is 110 Å². The van der Waals surface area contributed by atoms with Crippen molar-refractivity contribution >= 4 is 10.0 Å². The van der Waals surface area contributed by atoms with Gasteiger partial charge in [0.2, 0.25) is 10.0 Å². The molecular weight excluding hydrogens is 248 g/mol. The predicted molar refractivity (Wildman–Crippen MR) is 75.0 cm³/mol. The summed E-state index contributed by atoms with van der Waals surface area (Å²) in [5.41, 5.74) is 1.20. The zero-order valence-electron chi connectivity index (χ0n) is 11.3. The van der Waals surface area contributed by atoms with E-state index in [0.29, 0.717) is 6.54 Å². The van der Waals surface area contributed by atoms with E-state index in [4.69, 9.17) is 0 Å². The maximum atomic E-state index is 11.6. The molecule has 1 N–H and O–H groups in total. The van der Waals surface area contributed by atoms with Gasteiger partial charge in [-0.2, -0.15) is 0 Å². The minimum absolute atomic E-state index is 0.128. The van der Waals surface area contributed by atoms with Crippen LogP contribution in [-0.4, -0.2) is 39.1 Å². The van der Waals surface area contributed by atoms with E-state index in [1.165, 1.54) is 9.87 Å². The summed E-state index contributed by atoms with van der Waals surface area (Å²) in [6.07, 6.45) is 0.937. The van der Waals surface area contributed by atoms with Crippen LogP contribution >= 0.6 is 0 Å². The van der Waals surface area contributed by atoms with E-state index in [1.807, 2.05) is 18.2 Å². The van der Waals surface area contributed by atoms with Crippen LogP contribution < -0.4 is 5.32 Å². The van der Waals surface area contributed by atoms with Gasteiger partial charge in [-0.25, -0.2) is 12.7 Å². The molecule has 0 radical (unpaired) electrons. The van der Waals surface area contributed by atoms with Crippen molar-refractivity contribution in [2.45, 2.75) is 19.4 Å². The van der Waals surface area contributed by atoms with Crippen molar-refractivity contribution in [1.82, 2.24) is 9.62 Å². The second-order valence-electron chi connectivity index (χ2n) is 4.42. The summed E-state index contributed by atoms with van der Waals surface area (Å²) in [6, 6.07) is 10.3. The normalized spacial score (nSPS) is 13.8. The molecule has 0 heterocycles. The fraction of sp³-hybridized carbons (Fsp3) is 0.538. The first-order valence-electron chi connectivity index (χ1n) is 6.16. The molecule has 0 bridgehead atoms. The predicted octanol–water partition coefficient (Wildman–Crippen LogP) is 1.62. The van der Waals surface area contributed by atoms with Crippen LogP contribution in [0.5, 0.6) is 0 Å². The first kappa shape index (κ1) is 15.1. The Kier molecular flexibility index (Phi) is 5.78. The molecule has 0 aliphatic rings. The summed E-state index contributed by atoms with van der Waals surface area (Å²) >= 11 is 0. The molecule has 0 amide bonds. The van der Waals surface area contributed by atoms with Crippen LogP contribution in [0.2, 0.25) is 0 Å². The zero-order valence-corrected chi connectivity index (χ0v) is 12.1. The van der Waals surface area contributed by atoms with Crippen LogP contribution in [0.15, 0.2) is 30.3 Å². The average molecular weight is 270 g/mol. The molecule has 102 valence electrons. The van der Waals surface area contributed by atoms with Gasteiger partial charge in [-0.3, -0.25) is 0 Å². The summed E-state index contributed by atoms with van der Waals surface area (Å²) in [7, 11) is 0.00528. The third kappa shape index (κ3) is 4.40. The van der Waals surface area contributed by atoms with Gasteiger partial charge < -0.3 is 5.32 Å². The molecular formula is C13H22N2O2S. The van der Waals surface area contributed by atoms with E-state index < -0.39 is 10.0 Å². The van der Waals surface area contributed by atoms with Crippen molar-refractivity contribution in [1.29, 1.82) is 0 Å². The molecule has 0 saturated carbocycles. The van der Waals surface area contributed by atoms with Gasteiger partial charge in [0, 0.05) is 26.7 Å². The lowest BCUT2D eigenvalue weighted by Crippen LogP contribution is -2.32. The van der Waals surface area contributed by atoms with Crippen molar-refractivity contribution < 1.29 is 8.42 Å². The monoisotopic (exact) mass is 270 g/mol. The SMILES string of the molecule is CCC(NCCS(=O)(=O)N(C)C)c1ccccc1. The lowest BCUT2D eigenvalue weighted by Gasteiger charge is -2.18. The number of hydrogen-bond donors (Lipinski definition) is 1. The molecule has 4 nitrogen and oxygen atoms in total. The molecule has 1 rings (SSSR count). The van der Waals surface area contributed by atoms with Crippen LogP contribution in [0.1, 0.15) is 24.9 Å². The highest BCUT2D eigenvalue weighted by molar-refractivity contribution is 7.89. The molecule has 1 aromatic rings. The number of rotatable bonds is 7. The average Bonchev–Trinajstić information content (AvgIpc) is 2.35. The molecule has 0 aliphatic carbocycles. The summed E-state index contributed by atoms with van der Waals surface area (Å²) in [5.74, 6) is 0.128. The number of hydrogen-bond acceptors (Lipinski definition) is 3. The summed E-state index contributed by atoms with van der Waals surface area (Å²) in [4.78, 5) is 0. The smallest absolute Gasteiger partial charge is 0.214 e. The van der Waals surface area contributed by atoms with Crippen molar-refractivity contribution in [2.75, 3.05) is 26.4 Å². The Bertz CT molecular complexity index is 443. The number of nitrogens with zero attached hydrogens (tertiary/aromatic N) is 1. The van der Waals surface area contributed by atoms with Crippen LogP contribution in [-0.2, 0) is 10.0 Å². The van der Waals surface area contributed by atoms with Crippen molar-refractivity contribution in [3.63, 3.8) is 0 Å². The van der Waals surface area contributed by atoms with Gasteiger partial charge >= 0.3 is 0 Å². The van der Waals surface area contributed by atoms with Crippen LogP contribution in [0.25, 0.3) is 0 Å². The Balaban J connectivity index is 2.52. The minimum Gasteiger partial charge on any atom is -0.309 e. The highest BCUT2D eigenvalue weighted by Gasteiger charge is 2.14. The maximum Gasteiger partial charge on any atom is 0.214 e. The quantitative estimate of drug-likeness (QED) is 0.819. The topological polar surface area (TPSA) is 49.4 Å². The number of nitrogens with one attached hydrogen (secondary N) is 1. The highest BCUT2D eigenvalue weighted by atomic mass is 32.2. The zero-order chi connectivity index (χ0) is 13.6.